The largest absolute Gasteiger partial charge is 0.368 e. The summed E-state index contributed by atoms with van der Waals surface area (Å²) in [4.78, 5) is 26.1. The second kappa shape index (κ2) is 11.9. The van der Waals surface area contributed by atoms with Crippen molar-refractivity contribution < 1.29 is 18.0 Å². The maximum Gasteiger partial charge on any atom is 0.240 e. The van der Waals surface area contributed by atoms with Crippen LogP contribution < -0.4 is 11.1 Å². The lowest BCUT2D eigenvalue weighted by Gasteiger charge is -2.36. The summed E-state index contributed by atoms with van der Waals surface area (Å²) < 4.78 is 25.5. The Bertz CT molecular complexity index is 1360. The molecule has 38 heavy (non-hydrogen) atoms. The minimum Gasteiger partial charge on any atom is -0.368 e. The van der Waals surface area contributed by atoms with Gasteiger partial charge >= 0.3 is 0 Å². The molecule has 0 saturated heterocycles. The predicted octanol–water partition coefficient (Wildman–Crippen LogP) is 4.25. The number of nitrogens with two attached hydrogens (primary N) is 1. The molecule has 2 amide bonds. The molecule has 0 unspecified atom stereocenters. The van der Waals surface area contributed by atoms with Gasteiger partial charge in [0.25, 0.3) is 0 Å². The molecule has 4 aromatic carbocycles. The molecule has 0 aliphatic carbocycles. The van der Waals surface area contributed by atoms with Gasteiger partial charge in [0.15, 0.2) is 9.84 Å². The first kappa shape index (κ1) is 26.8. The molecule has 3 N–H and O–H groups in total. The highest BCUT2D eigenvalue weighted by atomic mass is 32.2. The Morgan fingerprint density at radius 3 is 1.47 bits per heavy atom. The molecular formula is C31H30N2O4S. The Kier molecular flexibility index (Phi) is 8.38. The fourth-order valence-electron chi connectivity index (χ4n) is 4.76. The number of benzene rings is 4. The molecule has 6 nitrogen and oxygen atoms in total. The molecule has 0 aliphatic heterocycles. The molecule has 4 aromatic rings. The highest BCUT2D eigenvalue weighted by Gasteiger charge is 2.39. The second-order valence-corrected chi connectivity index (χ2v) is 11.2. The van der Waals surface area contributed by atoms with E-state index < -0.39 is 33.1 Å². The number of hydrogen-bond donors (Lipinski definition) is 2. The molecule has 1 atom stereocenters. The van der Waals surface area contributed by atoms with Crippen molar-refractivity contribution in [3.8, 4) is 0 Å². The van der Waals surface area contributed by atoms with Crippen LogP contribution in [0.15, 0.2) is 126 Å². The van der Waals surface area contributed by atoms with Crippen LogP contribution in [-0.4, -0.2) is 32.0 Å². The number of carbonyl (C=O) groups is 2. The molecule has 0 fully saturated rings. The van der Waals surface area contributed by atoms with Crippen molar-refractivity contribution in [2.45, 2.75) is 29.2 Å². The van der Waals surface area contributed by atoms with Gasteiger partial charge in [0, 0.05) is 6.42 Å². The van der Waals surface area contributed by atoms with Crippen molar-refractivity contribution in [2.24, 2.45) is 5.73 Å². The maximum absolute atomic E-state index is 13.6. The zero-order valence-corrected chi connectivity index (χ0v) is 21.7. The number of primary amides is 1. The predicted molar refractivity (Wildman–Crippen MR) is 148 cm³/mol. The van der Waals surface area contributed by atoms with Crippen molar-refractivity contribution in [2.75, 3.05) is 5.75 Å². The molecular weight excluding hydrogens is 496 g/mol. The summed E-state index contributed by atoms with van der Waals surface area (Å²) in [5.74, 6) is -1.53. The summed E-state index contributed by atoms with van der Waals surface area (Å²) >= 11 is 0. The summed E-state index contributed by atoms with van der Waals surface area (Å²) in [6.07, 6.45) is -0.145. The van der Waals surface area contributed by atoms with Crippen LogP contribution in [0.3, 0.4) is 0 Å². The van der Waals surface area contributed by atoms with Gasteiger partial charge in [0.1, 0.15) is 6.04 Å². The smallest absolute Gasteiger partial charge is 0.240 e. The summed E-state index contributed by atoms with van der Waals surface area (Å²) in [6, 6.07) is 36.0. The van der Waals surface area contributed by atoms with Gasteiger partial charge in [0.2, 0.25) is 11.8 Å². The number of rotatable bonds is 11. The minimum absolute atomic E-state index is 0.0136. The Balaban J connectivity index is 1.65. The molecule has 194 valence electrons. The molecule has 0 aromatic heterocycles. The lowest BCUT2D eigenvalue weighted by atomic mass is 9.67. The maximum atomic E-state index is 13.6. The van der Waals surface area contributed by atoms with Gasteiger partial charge in [-0.2, -0.15) is 0 Å². The highest BCUT2D eigenvalue weighted by Crippen LogP contribution is 2.42. The zero-order valence-electron chi connectivity index (χ0n) is 20.9. The number of hydrogen-bond acceptors (Lipinski definition) is 4. The highest BCUT2D eigenvalue weighted by molar-refractivity contribution is 7.91. The lowest BCUT2D eigenvalue weighted by Crippen LogP contribution is -2.47. The second-order valence-electron chi connectivity index (χ2n) is 9.12. The van der Waals surface area contributed by atoms with Crippen LogP contribution in [0.25, 0.3) is 0 Å². The van der Waals surface area contributed by atoms with Crippen molar-refractivity contribution in [1.82, 2.24) is 5.32 Å². The minimum atomic E-state index is -3.65. The first-order valence-electron chi connectivity index (χ1n) is 12.4. The fraction of sp³-hybridized carbons (Fsp3) is 0.161. The fourth-order valence-corrected chi connectivity index (χ4v) is 6.12. The van der Waals surface area contributed by atoms with Gasteiger partial charge in [-0.1, -0.05) is 109 Å². The number of amides is 2. The van der Waals surface area contributed by atoms with E-state index in [1.807, 2.05) is 91.0 Å². The molecule has 0 bridgehead atoms. The van der Waals surface area contributed by atoms with Crippen molar-refractivity contribution in [3.05, 3.63) is 138 Å². The third-order valence-electron chi connectivity index (χ3n) is 6.68. The SMILES string of the molecule is NC(=O)[C@@H](CCS(=O)(=O)c1ccccc1)NC(=O)CC(c1ccccc1)(c1ccccc1)c1ccccc1. The first-order chi connectivity index (χ1) is 18.3. The number of nitrogens with one attached hydrogen (secondary N) is 1. The third kappa shape index (κ3) is 6.01. The van der Waals surface area contributed by atoms with Crippen LogP contribution in [0.5, 0.6) is 0 Å². The summed E-state index contributed by atoms with van der Waals surface area (Å²) in [6.45, 7) is 0. The standard InChI is InChI=1S/C31H30N2O4S/c32-30(35)28(21-22-38(36,37)27-19-11-4-12-20-27)33-29(34)23-31(24-13-5-1-6-14-24,25-15-7-2-8-16-25)26-17-9-3-10-18-26/h1-20,28H,21-23H2,(H2,32,35)(H,33,34)/t28-/m1/s1. The van der Waals surface area contributed by atoms with Gasteiger partial charge in [0.05, 0.1) is 16.1 Å². The first-order valence-corrected chi connectivity index (χ1v) is 14.0. The van der Waals surface area contributed by atoms with Gasteiger partial charge in [-0.15, -0.1) is 0 Å². The van der Waals surface area contributed by atoms with Crippen LogP contribution in [-0.2, 0) is 24.8 Å². The average molecular weight is 527 g/mol. The van der Waals surface area contributed by atoms with Gasteiger partial charge in [-0.3, -0.25) is 9.59 Å². The van der Waals surface area contributed by atoms with Crippen molar-refractivity contribution >= 4 is 21.7 Å². The Hall–Kier alpha value is -4.23. The molecule has 0 spiro atoms. The monoisotopic (exact) mass is 526 g/mol. The topological polar surface area (TPSA) is 106 Å². The quantitative estimate of drug-likeness (QED) is 0.285. The normalized spacial score (nSPS) is 12.4. The van der Waals surface area contributed by atoms with Crippen LogP contribution >= 0.6 is 0 Å². The third-order valence-corrected chi connectivity index (χ3v) is 8.45. The van der Waals surface area contributed by atoms with E-state index in [4.69, 9.17) is 5.73 Å². The van der Waals surface area contributed by atoms with E-state index in [1.54, 1.807) is 18.2 Å². The van der Waals surface area contributed by atoms with E-state index in [0.717, 1.165) is 16.7 Å². The van der Waals surface area contributed by atoms with Crippen LogP contribution in [0.1, 0.15) is 29.5 Å². The zero-order chi connectivity index (χ0) is 27.0. The summed E-state index contributed by atoms with van der Waals surface area (Å²) in [7, 11) is -3.65. The summed E-state index contributed by atoms with van der Waals surface area (Å²) in [5.41, 5.74) is 7.48. The van der Waals surface area contributed by atoms with Crippen molar-refractivity contribution in [3.63, 3.8) is 0 Å². The Morgan fingerprint density at radius 1 is 0.684 bits per heavy atom. The molecule has 0 radical (unpaired) electrons. The molecule has 4 rings (SSSR count). The molecule has 7 heteroatoms. The average Bonchev–Trinajstić information content (AvgIpc) is 2.95. The van der Waals surface area contributed by atoms with E-state index in [9.17, 15) is 18.0 Å². The Morgan fingerprint density at radius 2 is 1.08 bits per heavy atom. The molecule has 0 saturated carbocycles. The molecule has 0 aliphatic rings. The van der Waals surface area contributed by atoms with E-state index >= 15 is 0 Å². The van der Waals surface area contributed by atoms with Gasteiger partial charge < -0.3 is 11.1 Å². The molecule has 0 heterocycles. The number of sulfone groups is 1. The van der Waals surface area contributed by atoms with E-state index in [1.165, 1.54) is 12.1 Å². The van der Waals surface area contributed by atoms with E-state index in [0.29, 0.717) is 0 Å². The van der Waals surface area contributed by atoms with Crippen LogP contribution in [0.4, 0.5) is 0 Å². The van der Waals surface area contributed by atoms with Crippen molar-refractivity contribution in [1.29, 1.82) is 0 Å². The van der Waals surface area contributed by atoms with Crippen LogP contribution in [0, 0.1) is 0 Å². The summed E-state index contributed by atoms with van der Waals surface area (Å²) in [5, 5.41) is 2.73. The Labute approximate surface area is 223 Å². The number of carbonyl (C=O) groups excluding carboxylic acids is 2. The lowest BCUT2D eigenvalue weighted by molar-refractivity contribution is -0.127. The van der Waals surface area contributed by atoms with Crippen LogP contribution in [0.2, 0.25) is 0 Å². The van der Waals surface area contributed by atoms with Gasteiger partial charge in [-0.05, 0) is 35.2 Å². The van der Waals surface area contributed by atoms with E-state index in [2.05, 4.69) is 5.32 Å². The van der Waals surface area contributed by atoms with E-state index in [-0.39, 0.29) is 23.5 Å². The van der Waals surface area contributed by atoms with Gasteiger partial charge in [-0.25, -0.2) is 8.42 Å².